The van der Waals surface area contributed by atoms with Crippen LogP contribution in [-0.4, -0.2) is 35.9 Å². The number of ether oxygens (including phenoxy) is 1. The van der Waals surface area contributed by atoms with Crippen molar-refractivity contribution < 1.29 is 18.7 Å². The van der Waals surface area contributed by atoms with Crippen molar-refractivity contribution in [2.75, 3.05) is 13.2 Å². The van der Waals surface area contributed by atoms with Gasteiger partial charge in [-0.2, -0.15) is 0 Å². The summed E-state index contributed by atoms with van der Waals surface area (Å²) in [7, 11) is 0. The predicted octanol–water partition coefficient (Wildman–Crippen LogP) is 6.18. The summed E-state index contributed by atoms with van der Waals surface area (Å²) in [5, 5.41) is 3.46. The maximum atomic E-state index is 14.6. The van der Waals surface area contributed by atoms with Crippen LogP contribution in [0.1, 0.15) is 30.9 Å². The Bertz CT molecular complexity index is 1160. The van der Waals surface area contributed by atoms with Gasteiger partial charge in [0.1, 0.15) is 17.6 Å². The Morgan fingerprint density at radius 2 is 1.81 bits per heavy atom. The maximum Gasteiger partial charge on any atom is 0.261 e. The average molecular weight is 576 g/mol. The van der Waals surface area contributed by atoms with E-state index in [1.165, 1.54) is 11.0 Å². The fourth-order valence-corrected chi connectivity index (χ4v) is 4.48. The van der Waals surface area contributed by atoms with Gasteiger partial charge in [0.05, 0.1) is 4.47 Å². The molecule has 5 nitrogen and oxygen atoms in total. The highest BCUT2D eigenvalue weighted by molar-refractivity contribution is 9.10. The van der Waals surface area contributed by atoms with Crippen molar-refractivity contribution in [3.8, 4) is 5.75 Å². The molecule has 0 saturated carbocycles. The quantitative estimate of drug-likeness (QED) is 0.263. The van der Waals surface area contributed by atoms with Crippen LogP contribution in [0.4, 0.5) is 4.39 Å². The van der Waals surface area contributed by atoms with E-state index in [-0.39, 0.29) is 25.5 Å². The number of rotatable bonds is 12. The summed E-state index contributed by atoms with van der Waals surface area (Å²) < 4.78 is 21.0. The molecule has 0 spiro atoms. The Hall–Kier alpha value is -2.90. The Balaban J connectivity index is 1.90. The zero-order valence-corrected chi connectivity index (χ0v) is 22.4. The molecule has 2 amide bonds. The second kappa shape index (κ2) is 14.0. The zero-order valence-electron chi connectivity index (χ0n) is 20.1. The number of halogens is 3. The maximum absolute atomic E-state index is 14.6. The summed E-state index contributed by atoms with van der Waals surface area (Å²) in [6, 6.07) is 19.8. The molecule has 190 valence electrons. The molecule has 1 atom stereocenters. The van der Waals surface area contributed by atoms with E-state index in [0.29, 0.717) is 27.4 Å². The van der Waals surface area contributed by atoms with Crippen molar-refractivity contribution in [3.63, 3.8) is 0 Å². The normalized spacial score (nSPS) is 11.6. The summed E-state index contributed by atoms with van der Waals surface area (Å²) in [4.78, 5) is 28.3. The van der Waals surface area contributed by atoms with Gasteiger partial charge in [-0.05, 0) is 52.2 Å². The average Bonchev–Trinajstić information content (AvgIpc) is 2.87. The third-order valence-corrected chi connectivity index (χ3v) is 6.50. The Morgan fingerprint density at radius 3 is 2.50 bits per heavy atom. The minimum Gasteiger partial charge on any atom is -0.483 e. The van der Waals surface area contributed by atoms with E-state index in [4.69, 9.17) is 16.3 Å². The van der Waals surface area contributed by atoms with Crippen LogP contribution >= 0.6 is 27.5 Å². The lowest BCUT2D eigenvalue weighted by Gasteiger charge is -2.31. The Kier molecular flexibility index (Phi) is 10.8. The van der Waals surface area contributed by atoms with Crippen molar-refractivity contribution >= 4 is 39.3 Å². The van der Waals surface area contributed by atoms with Gasteiger partial charge in [0.15, 0.2) is 6.61 Å². The third kappa shape index (κ3) is 8.07. The van der Waals surface area contributed by atoms with Gasteiger partial charge in [0.25, 0.3) is 5.91 Å². The monoisotopic (exact) mass is 574 g/mol. The van der Waals surface area contributed by atoms with Gasteiger partial charge in [0.2, 0.25) is 5.91 Å². The van der Waals surface area contributed by atoms with Gasteiger partial charge in [0, 0.05) is 30.1 Å². The first kappa shape index (κ1) is 27.7. The molecule has 0 aliphatic carbocycles. The minimum atomic E-state index is -0.853. The first-order valence-electron chi connectivity index (χ1n) is 11.8. The van der Waals surface area contributed by atoms with Crippen LogP contribution in [-0.2, 0) is 22.6 Å². The topological polar surface area (TPSA) is 58.6 Å². The van der Waals surface area contributed by atoms with Gasteiger partial charge >= 0.3 is 0 Å². The molecule has 0 aliphatic rings. The number of unbranched alkanes of at least 4 members (excludes halogenated alkanes) is 1. The third-order valence-electron chi connectivity index (χ3n) is 5.64. The highest BCUT2D eigenvalue weighted by Crippen LogP contribution is 2.28. The van der Waals surface area contributed by atoms with Crippen LogP contribution in [0, 0.1) is 5.82 Å². The summed E-state index contributed by atoms with van der Waals surface area (Å²) in [6.07, 6.45) is 2.02. The molecule has 0 heterocycles. The molecular formula is C28H29BrClFN2O3. The van der Waals surface area contributed by atoms with E-state index in [0.717, 1.165) is 18.4 Å². The molecule has 8 heteroatoms. The second-order valence-electron chi connectivity index (χ2n) is 8.33. The fourth-order valence-electron chi connectivity index (χ4n) is 3.68. The van der Waals surface area contributed by atoms with E-state index in [1.807, 2.05) is 37.3 Å². The first-order valence-corrected chi connectivity index (χ1v) is 13.0. The van der Waals surface area contributed by atoms with Crippen molar-refractivity contribution in [1.82, 2.24) is 10.2 Å². The molecule has 3 rings (SSSR count). The van der Waals surface area contributed by atoms with Gasteiger partial charge in [-0.1, -0.05) is 73.5 Å². The Morgan fingerprint density at radius 1 is 1.08 bits per heavy atom. The Labute approximate surface area is 224 Å². The number of carbonyl (C=O) groups excluding carboxylic acids is 2. The highest BCUT2D eigenvalue weighted by atomic mass is 79.9. The van der Waals surface area contributed by atoms with E-state index in [2.05, 4.69) is 21.2 Å². The molecule has 0 aromatic heterocycles. The molecule has 0 fully saturated rings. The lowest BCUT2D eigenvalue weighted by atomic mass is 10.0. The fraction of sp³-hybridized carbons (Fsp3) is 0.286. The van der Waals surface area contributed by atoms with Crippen LogP contribution in [0.25, 0.3) is 0 Å². The number of carbonyl (C=O) groups is 2. The van der Waals surface area contributed by atoms with E-state index in [9.17, 15) is 14.0 Å². The summed E-state index contributed by atoms with van der Waals surface area (Å²) >= 11 is 9.38. The molecule has 0 radical (unpaired) electrons. The molecule has 3 aromatic rings. The van der Waals surface area contributed by atoms with Crippen LogP contribution in [0.2, 0.25) is 5.02 Å². The van der Waals surface area contributed by atoms with Gasteiger partial charge in [-0.25, -0.2) is 4.39 Å². The van der Waals surface area contributed by atoms with Crippen molar-refractivity contribution in [2.24, 2.45) is 0 Å². The van der Waals surface area contributed by atoms with Crippen LogP contribution < -0.4 is 10.1 Å². The number of hydrogen-bond donors (Lipinski definition) is 1. The van der Waals surface area contributed by atoms with Gasteiger partial charge < -0.3 is 15.0 Å². The van der Waals surface area contributed by atoms with Gasteiger partial charge in [-0.3, -0.25) is 9.59 Å². The standard InChI is InChI=1S/C28H29BrClFN2O3/c1-2-3-15-32-28(35)25(16-20-9-5-4-6-10-20)33(18-21-11-7-8-12-24(21)31)27(34)19-36-26-14-13-22(30)17-23(26)29/h4-14,17,25H,2-3,15-16,18-19H2,1H3,(H,32,35)/t25-/m1/s1. The molecule has 36 heavy (non-hydrogen) atoms. The largest absolute Gasteiger partial charge is 0.483 e. The van der Waals surface area contributed by atoms with Crippen LogP contribution in [0.5, 0.6) is 5.75 Å². The lowest BCUT2D eigenvalue weighted by Crippen LogP contribution is -2.52. The summed E-state index contributed by atoms with van der Waals surface area (Å²) in [6.45, 7) is 2.13. The molecule has 0 aliphatic heterocycles. The lowest BCUT2D eigenvalue weighted by molar-refractivity contribution is -0.142. The van der Waals surface area contributed by atoms with Crippen molar-refractivity contribution in [2.45, 2.75) is 38.8 Å². The van der Waals surface area contributed by atoms with E-state index < -0.39 is 17.8 Å². The predicted molar refractivity (Wildman–Crippen MR) is 143 cm³/mol. The number of nitrogens with one attached hydrogen (secondary N) is 1. The van der Waals surface area contributed by atoms with Gasteiger partial charge in [-0.15, -0.1) is 0 Å². The molecule has 0 bridgehead atoms. The van der Waals surface area contributed by atoms with Crippen LogP contribution in [0.3, 0.4) is 0 Å². The smallest absolute Gasteiger partial charge is 0.261 e. The van der Waals surface area contributed by atoms with Crippen LogP contribution in [0.15, 0.2) is 77.3 Å². The number of amides is 2. The molecule has 0 saturated heterocycles. The van der Waals surface area contributed by atoms with Crippen molar-refractivity contribution in [1.29, 1.82) is 0 Å². The van der Waals surface area contributed by atoms with Crippen molar-refractivity contribution in [3.05, 3.63) is 99.2 Å². The molecule has 1 N–H and O–H groups in total. The second-order valence-corrected chi connectivity index (χ2v) is 9.62. The number of hydrogen-bond acceptors (Lipinski definition) is 3. The molecular weight excluding hydrogens is 547 g/mol. The number of benzene rings is 3. The summed E-state index contributed by atoms with van der Waals surface area (Å²) in [5.41, 5.74) is 1.21. The highest BCUT2D eigenvalue weighted by Gasteiger charge is 2.31. The first-order chi connectivity index (χ1) is 17.4. The summed E-state index contributed by atoms with van der Waals surface area (Å²) in [5.74, 6) is -0.733. The van der Waals surface area contributed by atoms with E-state index in [1.54, 1.807) is 36.4 Å². The van der Waals surface area contributed by atoms with E-state index >= 15 is 0 Å². The zero-order chi connectivity index (χ0) is 25.9. The molecule has 0 unspecified atom stereocenters. The minimum absolute atomic E-state index is 0.0741. The number of nitrogens with zero attached hydrogens (tertiary/aromatic N) is 1. The SMILES string of the molecule is CCCCNC(=O)[C@@H](Cc1ccccc1)N(Cc1ccccc1F)C(=O)COc1ccc(Cl)cc1Br. The molecule has 3 aromatic carbocycles.